The van der Waals surface area contributed by atoms with E-state index in [0.29, 0.717) is 35.8 Å². The molecule has 0 aliphatic rings. The zero-order valence-corrected chi connectivity index (χ0v) is 11.1. The van der Waals surface area contributed by atoms with Crippen molar-refractivity contribution in [2.24, 2.45) is 0 Å². The SMILES string of the molecule is CCOCCCS(=O)(=O)c1cccc(N)c1C. The average Bonchev–Trinajstić information content (AvgIpc) is 2.28. The van der Waals surface area contributed by atoms with Gasteiger partial charge in [0.05, 0.1) is 10.6 Å². The third-order valence-corrected chi connectivity index (χ3v) is 4.51. The Morgan fingerprint density at radius 2 is 2.06 bits per heavy atom. The van der Waals surface area contributed by atoms with Crippen molar-refractivity contribution in [2.45, 2.75) is 25.2 Å². The monoisotopic (exact) mass is 257 g/mol. The summed E-state index contributed by atoms with van der Waals surface area (Å²) in [5.41, 5.74) is 6.84. The van der Waals surface area contributed by atoms with Gasteiger partial charge in [-0.2, -0.15) is 0 Å². The van der Waals surface area contributed by atoms with Crippen LogP contribution < -0.4 is 5.73 Å². The molecule has 0 radical (unpaired) electrons. The molecule has 1 aromatic rings. The minimum absolute atomic E-state index is 0.0945. The molecular weight excluding hydrogens is 238 g/mol. The highest BCUT2D eigenvalue weighted by atomic mass is 32.2. The van der Waals surface area contributed by atoms with Crippen molar-refractivity contribution in [1.29, 1.82) is 0 Å². The van der Waals surface area contributed by atoms with Crippen molar-refractivity contribution in [3.63, 3.8) is 0 Å². The van der Waals surface area contributed by atoms with Gasteiger partial charge in [0.15, 0.2) is 9.84 Å². The van der Waals surface area contributed by atoms with E-state index in [9.17, 15) is 8.42 Å². The fourth-order valence-electron chi connectivity index (χ4n) is 1.57. The van der Waals surface area contributed by atoms with Crippen molar-refractivity contribution in [3.8, 4) is 0 Å². The highest BCUT2D eigenvalue weighted by Gasteiger charge is 2.17. The number of nitrogen functional groups attached to an aromatic ring is 1. The minimum Gasteiger partial charge on any atom is -0.398 e. The summed E-state index contributed by atoms with van der Waals surface area (Å²) in [4.78, 5) is 0.328. The van der Waals surface area contributed by atoms with Crippen LogP contribution in [-0.4, -0.2) is 27.4 Å². The smallest absolute Gasteiger partial charge is 0.178 e. The second-order valence-electron chi connectivity index (χ2n) is 3.84. The second-order valence-corrected chi connectivity index (χ2v) is 5.92. The summed E-state index contributed by atoms with van der Waals surface area (Å²) in [6.45, 7) is 4.69. The van der Waals surface area contributed by atoms with Gasteiger partial charge in [-0.05, 0) is 38.0 Å². The molecule has 0 saturated carbocycles. The van der Waals surface area contributed by atoms with Gasteiger partial charge >= 0.3 is 0 Å². The number of hydrogen-bond donors (Lipinski definition) is 1. The molecule has 1 aromatic carbocycles. The van der Waals surface area contributed by atoms with Crippen LogP contribution in [0.2, 0.25) is 0 Å². The van der Waals surface area contributed by atoms with E-state index in [1.807, 2.05) is 6.92 Å². The normalized spacial score (nSPS) is 11.6. The van der Waals surface area contributed by atoms with Crippen molar-refractivity contribution >= 4 is 15.5 Å². The quantitative estimate of drug-likeness (QED) is 0.623. The molecule has 0 spiro atoms. The van der Waals surface area contributed by atoms with Crippen LogP contribution in [0.3, 0.4) is 0 Å². The van der Waals surface area contributed by atoms with E-state index in [0.717, 1.165) is 0 Å². The molecule has 5 heteroatoms. The van der Waals surface area contributed by atoms with Crippen LogP contribution in [0.15, 0.2) is 23.1 Å². The lowest BCUT2D eigenvalue weighted by atomic mass is 10.2. The third kappa shape index (κ3) is 3.71. The van der Waals surface area contributed by atoms with Crippen LogP contribution in [0, 0.1) is 6.92 Å². The Morgan fingerprint density at radius 1 is 1.35 bits per heavy atom. The molecule has 4 nitrogen and oxygen atoms in total. The summed E-state index contributed by atoms with van der Waals surface area (Å²) >= 11 is 0. The lowest BCUT2D eigenvalue weighted by Gasteiger charge is -2.09. The summed E-state index contributed by atoms with van der Waals surface area (Å²) in [6, 6.07) is 4.97. The summed E-state index contributed by atoms with van der Waals surface area (Å²) in [6.07, 6.45) is 0.504. The van der Waals surface area contributed by atoms with Crippen LogP contribution >= 0.6 is 0 Å². The molecular formula is C12H19NO3S. The molecule has 0 unspecified atom stereocenters. The maximum atomic E-state index is 12.1. The third-order valence-electron chi connectivity index (χ3n) is 2.57. The topological polar surface area (TPSA) is 69.4 Å². The molecule has 0 aliphatic carbocycles. The zero-order valence-electron chi connectivity index (χ0n) is 10.3. The fourth-order valence-corrected chi connectivity index (χ4v) is 3.16. The maximum absolute atomic E-state index is 12.1. The number of hydrogen-bond acceptors (Lipinski definition) is 4. The Morgan fingerprint density at radius 3 is 2.71 bits per heavy atom. The Kier molecular flexibility index (Phi) is 4.96. The molecule has 96 valence electrons. The molecule has 0 aliphatic heterocycles. The van der Waals surface area contributed by atoms with Gasteiger partial charge < -0.3 is 10.5 Å². The van der Waals surface area contributed by atoms with E-state index in [1.54, 1.807) is 25.1 Å². The molecule has 0 bridgehead atoms. The Balaban J connectivity index is 2.79. The van der Waals surface area contributed by atoms with Crippen molar-refractivity contribution in [3.05, 3.63) is 23.8 Å². The first-order chi connectivity index (χ1) is 7.99. The number of ether oxygens (including phenoxy) is 1. The Bertz CT molecular complexity index is 469. The summed E-state index contributed by atoms with van der Waals surface area (Å²) in [7, 11) is -3.25. The molecule has 0 amide bonds. The summed E-state index contributed by atoms with van der Waals surface area (Å²) < 4.78 is 29.2. The van der Waals surface area contributed by atoms with Gasteiger partial charge in [-0.1, -0.05) is 6.07 Å². The summed E-state index contributed by atoms with van der Waals surface area (Å²) in [5, 5.41) is 0. The lowest BCUT2D eigenvalue weighted by molar-refractivity contribution is 0.148. The molecule has 1 rings (SSSR count). The van der Waals surface area contributed by atoms with Crippen molar-refractivity contribution < 1.29 is 13.2 Å². The molecule has 0 aromatic heterocycles. The zero-order chi connectivity index (χ0) is 12.9. The van der Waals surface area contributed by atoms with Gasteiger partial charge in [-0.3, -0.25) is 0 Å². The minimum atomic E-state index is -3.25. The standard InChI is InChI=1S/C12H19NO3S/c1-3-16-8-5-9-17(14,15)12-7-4-6-11(13)10(12)2/h4,6-7H,3,5,8-9,13H2,1-2H3. The van der Waals surface area contributed by atoms with Crippen LogP contribution in [0.4, 0.5) is 5.69 Å². The summed E-state index contributed by atoms with van der Waals surface area (Å²) in [5.74, 6) is 0.0945. The van der Waals surface area contributed by atoms with E-state index in [4.69, 9.17) is 10.5 Å². The van der Waals surface area contributed by atoms with Gasteiger partial charge in [-0.15, -0.1) is 0 Å². The van der Waals surface area contributed by atoms with Crippen molar-refractivity contribution in [1.82, 2.24) is 0 Å². The number of rotatable bonds is 6. The molecule has 0 saturated heterocycles. The van der Waals surface area contributed by atoms with E-state index >= 15 is 0 Å². The first-order valence-corrected chi connectivity index (χ1v) is 7.30. The predicted molar refractivity (Wildman–Crippen MR) is 68.8 cm³/mol. The predicted octanol–water partition coefficient (Wildman–Crippen LogP) is 1.78. The average molecular weight is 257 g/mol. The van der Waals surface area contributed by atoms with Crippen LogP contribution in [0.25, 0.3) is 0 Å². The molecule has 0 heterocycles. The number of benzene rings is 1. The maximum Gasteiger partial charge on any atom is 0.178 e. The first kappa shape index (κ1) is 14.0. The van der Waals surface area contributed by atoms with Gasteiger partial charge in [0.2, 0.25) is 0 Å². The number of nitrogens with two attached hydrogens (primary N) is 1. The highest BCUT2D eigenvalue weighted by Crippen LogP contribution is 2.21. The van der Waals surface area contributed by atoms with Crippen LogP contribution in [0.1, 0.15) is 18.9 Å². The largest absolute Gasteiger partial charge is 0.398 e. The van der Waals surface area contributed by atoms with E-state index in [-0.39, 0.29) is 5.75 Å². The Hall–Kier alpha value is -1.07. The highest BCUT2D eigenvalue weighted by molar-refractivity contribution is 7.91. The fraction of sp³-hybridized carbons (Fsp3) is 0.500. The van der Waals surface area contributed by atoms with E-state index in [1.165, 1.54) is 0 Å². The van der Waals surface area contributed by atoms with E-state index < -0.39 is 9.84 Å². The molecule has 0 fully saturated rings. The van der Waals surface area contributed by atoms with Gasteiger partial charge in [-0.25, -0.2) is 8.42 Å². The first-order valence-electron chi connectivity index (χ1n) is 5.64. The Labute approximate surface area is 103 Å². The number of anilines is 1. The van der Waals surface area contributed by atoms with Crippen LogP contribution in [-0.2, 0) is 14.6 Å². The molecule has 0 atom stereocenters. The van der Waals surface area contributed by atoms with Crippen LogP contribution in [0.5, 0.6) is 0 Å². The number of sulfone groups is 1. The molecule has 17 heavy (non-hydrogen) atoms. The van der Waals surface area contributed by atoms with Gasteiger partial charge in [0, 0.05) is 18.9 Å². The lowest BCUT2D eigenvalue weighted by Crippen LogP contribution is -2.11. The van der Waals surface area contributed by atoms with Gasteiger partial charge in [0.1, 0.15) is 0 Å². The second kappa shape index (κ2) is 6.02. The van der Waals surface area contributed by atoms with Gasteiger partial charge in [0.25, 0.3) is 0 Å². The van der Waals surface area contributed by atoms with E-state index in [2.05, 4.69) is 0 Å². The molecule has 2 N–H and O–H groups in total. The van der Waals surface area contributed by atoms with Crippen molar-refractivity contribution in [2.75, 3.05) is 24.7 Å².